The van der Waals surface area contributed by atoms with E-state index in [1.807, 2.05) is 6.66 Å². The first-order chi connectivity index (χ1) is 18.0. The molecule has 0 amide bonds. The molecule has 0 saturated heterocycles. The van der Waals surface area contributed by atoms with E-state index in [4.69, 9.17) is 0 Å². The van der Waals surface area contributed by atoms with Crippen molar-refractivity contribution in [2.75, 3.05) is 6.66 Å². The third kappa shape index (κ3) is 2.84. The summed E-state index contributed by atoms with van der Waals surface area (Å²) >= 11 is 0. The number of hydrogen-bond acceptors (Lipinski definition) is 1. The van der Waals surface area contributed by atoms with E-state index < -0.39 is 12.6 Å². The molecule has 0 saturated carbocycles. The lowest BCUT2D eigenvalue weighted by Gasteiger charge is -2.43. The standard InChI is InChI=1S/C35H29OP/c1-23(2)25-21-22-31-34(33(25)24-13-5-4-6-14-24)37(3,36)32-20-12-11-19-30(32)35(31)28-17-9-7-15-26(28)27-16-8-10-18-29(27)35/h4-23H,1-3H3. The Hall–Kier alpha value is -3.67. The van der Waals surface area contributed by atoms with Crippen LogP contribution in [-0.4, -0.2) is 6.66 Å². The topological polar surface area (TPSA) is 17.1 Å². The fraction of sp³-hybridized carbons (Fsp3) is 0.143. The number of hydrogen-bond donors (Lipinski definition) is 0. The van der Waals surface area contributed by atoms with E-state index in [1.165, 1.54) is 27.8 Å². The molecule has 1 unspecified atom stereocenters. The molecule has 7 rings (SSSR count). The van der Waals surface area contributed by atoms with Crippen LogP contribution in [0.15, 0.2) is 115 Å². The highest BCUT2D eigenvalue weighted by atomic mass is 31.2. The van der Waals surface area contributed by atoms with Crippen LogP contribution in [-0.2, 0) is 9.98 Å². The molecule has 0 N–H and O–H groups in total. The molecule has 180 valence electrons. The fourth-order valence-corrected chi connectivity index (χ4v) is 9.69. The van der Waals surface area contributed by atoms with Crippen molar-refractivity contribution in [3.05, 3.63) is 143 Å². The van der Waals surface area contributed by atoms with Gasteiger partial charge in [-0.2, -0.15) is 0 Å². The van der Waals surface area contributed by atoms with E-state index in [1.54, 1.807) is 0 Å². The van der Waals surface area contributed by atoms with Gasteiger partial charge in [-0.15, -0.1) is 0 Å². The van der Waals surface area contributed by atoms with Crippen molar-refractivity contribution in [3.63, 3.8) is 0 Å². The Bertz CT molecular complexity index is 1700. The van der Waals surface area contributed by atoms with Crippen molar-refractivity contribution >= 4 is 17.8 Å². The Balaban J connectivity index is 1.74. The van der Waals surface area contributed by atoms with Gasteiger partial charge in [0.15, 0.2) is 0 Å². The summed E-state index contributed by atoms with van der Waals surface area (Å²) in [7, 11) is -2.94. The number of fused-ring (bicyclic) bond motifs is 9. The zero-order chi connectivity index (χ0) is 25.4. The Labute approximate surface area is 219 Å². The molecule has 1 heterocycles. The van der Waals surface area contributed by atoms with E-state index in [9.17, 15) is 0 Å². The van der Waals surface area contributed by atoms with Crippen LogP contribution in [0.1, 0.15) is 47.6 Å². The van der Waals surface area contributed by atoms with Crippen molar-refractivity contribution in [1.82, 2.24) is 0 Å². The van der Waals surface area contributed by atoms with Crippen LogP contribution < -0.4 is 10.6 Å². The van der Waals surface area contributed by atoms with Gasteiger partial charge in [0.25, 0.3) is 0 Å². The van der Waals surface area contributed by atoms with E-state index in [-0.39, 0.29) is 0 Å². The molecule has 1 spiro atoms. The molecule has 0 aromatic heterocycles. The van der Waals surface area contributed by atoms with Crippen LogP contribution in [0.5, 0.6) is 0 Å². The normalized spacial score (nSPS) is 18.3. The van der Waals surface area contributed by atoms with Gasteiger partial charge >= 0.3 is 0 Å². The average Bonchev–Trinajstić information content (AvgIpc) is 3.23. The molecule has 1 aliphatic heterocycles. The maximum absolute atomic E-state index is 15.2. The lowest BCUT2D eigenvalue weighted by Crippen LogP contribution is -2.44. The number of rotatable bonds is 2. The predicted octanol–water partition coefficient (Wildman–Crippen LogP) is 8.10. The van der Waals surface area contributed by atoms with E-state index in [0.717, 1.165) is 32.9 Å². The second kappa shape index (κ2) is 7.91. The molecule has 1 atom stereocenters. The van der Waals surface area contributed by atoms with Crippen LogP contribution >= 0.6 is 7.14 Å². The molecule has 0 fully saturated rings. The lowest BCUT2D eigenvalue weighted by molar-refractivity contribution is 0.588. The lowest BCUT2D eigenvalue weighted by atomic mass is 9.66. The van der Waals surface area contributed by atoms with Crippen LogP contribution in [0.25, 0.3) is 22.3 Å². The van der Waals surface area contributed by atoms with Gasteiger partial charge in [-0.05, 0) is 62.7 Å². The van der Waals surface area contributed by atoms with Gasteiger partial charge in [-0.25, -0.2) is 0 Å². The van der Waals surface area contributed by atoms with E-state index >= 15 is 4.57 Å². The minimum atomic E-state index is -2.94. The quantitative estimate of drug-likeness (QED) is 0.221. The summed E-state index contributed by atoms with van der Waals surface area (Å²) in [6.45, 7) is 6.46. The third-order valence-corrected chi connectivity index (χ3v) is 11.1. The molecule has 2 aliphatic rings. The molecule has 0 radical (unpaired) electrons. The van der Waals surface area contributed by atoms with Crippen molar-refractivity contribution in [3.8, 4) is 22.3 Å². The molecule has 1 nitrogen and oxygen atoms in total. The van der Waals surface area contributed by atoms with Crippen LogP contribution in [0.4, 0.5) is 0 Å². The maximum Gasteiger partial charge on any atom is 0.141 e. The fourth-order valence-electron chi connectivity index (χ4n) is 6.99. The summed E-state index contributed by atoms with van der Waals surface area (Å²) in [6, 6.07) is 41.3. The van der Waals surface area contributed by atoms with Crippen molar-refractivity contribution < 1.29 is 4.57 Å². The predicted molar refractivity (Wildman–Crippen MR) is 156 cm³/mol. The highest BCUT2D eigenvalue weighted by molar-refractivity contribution is 7.78. The largest absolute Gasteiger partial charge is 0.314 e. The number of benzene rings is 5. The highest BCUT2D eigenvalue weighted by Crippen LogP contribution is 2.62. The van der Waals surface area contributed by atoms with Gasteiger partial charge in [0.05, 0.1) is 5.41 Å². The molecule has 5 aromatic rings. The first-order valence-electron chi connectivity index (χ1n) is 13.1. The highest BCUT2D eigenvalue weighted by Gasteiger charge is 2.54. The summed E-state index contributed by atoms with van der Waals surface area (Å²) in [5.41, 5.74) is 10.4. The molecular formula is C35H29OP. The van der Waals surface area contributed by atoms with E-state index in [2.05, 4.69) is 129 Å². The van der Waals surface area contributed by atoms with Crippen LogP contribution in [0.3, 0.4) is 0 Å². The summed E-state index contributed by atoms with van der Waals surface area (Å²) in [4.78, 5) is 0. The van der Waals surface area contributed by atoms with Crippen molar-refractivity contribution in [2.24, 2.45) is 0 Å². The monoisotopic (exact) mass is 496 g/mol. The summed E-state index contributed by atoms with van der Waals surface area (Å²) in [5.74, 6) is 0.303. The maximum atomic E-state index is 15.2. The van der Waals surface area contributed by atoms with Crippen LogP contribution in [0.2, 0.25) is 0 Å². The molecule has 2 heteroatoms. The average molecular weight is 497 g/mol. The summed E-state index contributed by atoms with van der Waals surface area (Å²) in [5, 5.41) is 2.00. The van der Waals surface area contributed by atoms with Gasteiger partial charge in [-0.3, -0.25) is 0 Å². The molecular weight excluding hydrogens is 467 g/mol. The van der Waals surface area contributed by atoms with Crippen molar-refractivity contribution in [2.45, 2.75) is 25.2 Å². The second-order valence-electron chi connectivity index (χ2n) is 10.7. The zero-order valence-corrected chi connectivity index (χ0v) is 22.3. The Morgan fingerprint density at radius 2 is 1.14 bits per heavy atom. The molecule has 5 aromatic carbocycles. The first kappa shape index (κ1) is 22.5. The zero-order valence-electron chi connectivity index (χ0n) is 21.4. The van der Waals surface area contributed by atoms with Crippen molar-refractivity contribution in [1.29, 1.82) is 0 Å². The molecule has 1 aliphatic carbocycles. The van der Waals surface area contributed by atoms with Gasteiger partial charge in [0, 0.05) is 10.6 Å². The van der Waals surface area contributed by atoms with Gasteiger partial charge in [-0.1, -0.05) is 129 Å². The smallest absolute Gasteiger partial charge is 0.141 e. The second-order valence-corrected chi connectivity index (χ2v) is 13.5. The van der Waals surface area contributed by atoms with Gasteiger partial charge < -0.3 is 4.57 Å². The van der Waals surface area contributed by atoms with Gasteiger partial charge in [0.2, 0.25) is 0 Å². The Morgan fingerprint density at radius 1 is 0.595 bits per heavy atom. The minimum absolute atomic E-state index is 0.303. The minimum Gasteiger partial charge on any atom is -0.314 e. The molecule has 0 bridgehead atoms. The van der Waals surface area contributed by atoms with E-state index in [0.29, 0.717) is 5.92 Å². The van der Waals surface area contributed by atoms with Gasteiger partial charge in [0.1, 0.15) is 7.14 Å². The SMILES string of the molecule is CC(C)c1ccc2c(c1-c1ccccc1)P(C)(=O)c1ccccc1C21c2ccccc2-c2ccccc21. The third-order valence-electron chi connectivity index (χ3n) is 8.45. The molecule has 37 heavy (non-hydrogen) atoms. The van der Waals surface area contributed by atoms with Crippen LogP contribution in [0, 0.1) is 0 Å². The Morgan fingerprint density at radius 3 is 1.76 bits per heavy atom. The summed E-state index contributed by atoms with van der Waals surface area (Å²) < 4.78 is 15.2. The summed E-state index contributed by atoms with van der Waals surface area (Å²) in [6.07, 6.45) is 0. The first-order valence-corrected chi connectivity index (χ1v) is 15.2. The Kier molecular flexibility index (Phi) is 4.82.